The molecule has 160 valence electrons. The van der Waals surface area contributed by atoms with Gasteiger partial charge in [-0.2, -0.15) is 0 Å². The van der Waals surface area contributed by atoms with E-state index < -0.39 is 6.04 Å². The normalized spacial score (nSPS) is 20.3. The molecule has 1 aromatic heterocycles. The van der Waals surface area contributed by atoms with Crippen molar-refractivity contribution in [3.8, 4) is 0 Å². The zero-order valence-electron chi connectivity index (χ0n) is 17.6. The van der Waals surface area contributed by atoms with E-state index in [0.29, 0.717) is 18.9 Å². The van der Waals surface area contributed by atoms with Crippen molar-refractivity contribution in [2.24, 2.45) is 4.99 Å². The fourth-order valence-corrected chi connectivity index (χ4v) is 4.80. The Morgan fingerprint density at radius 1 is 1.09 bits per heavy atom. The zero-order valence-corrected chi connectivity index (χ0v) is 17.6. The molecule has 3 aromatic rings. The molecule has 3 aliphatic rings. The topological polar surface area (TPSA) is 72.4 Å². The van der Waals surface area contributed by atoms with Crippen LogP contribution in [-0.2, 0) is 17.9 Å². The first-order chi connectivity index (χ1) is 15.6. The van der Waals surface area contributed by atoms with Gasteiger partial charge in [0.1, 0.15) is 12.3 Å². The largest absolute Gasteiger partial charge is 0.466 e. The quantitative estimate of drug-likeness (QED) is 0.599. The van der Waals surface area contributed by atoms with E-state index in [0.717, 1.165) is 34.6 Å². The number of amidine groups is 1. The highest BCUT2D eigenvalue weighted by atomic mass is 16.3. The van der Waals surface area contributed by atoms with Gasteiger partial charge in [-0.15, -0.1) is 0 Å². The molecular weight excluding hydrogens is 406 g/mol. The smallest absolute Gasteiger partial charge is 0.393 e. The molecule has 1 saturated heterocycles. The number of carbonyl (C=O) groups is 2. The molecule has 3 aliphatic heterocycles. The second-order valence-corrected chi connectivity index (χ2v) is 8.27. The van der Waals surface area contributed by atoms with Crippen molar-refractivity contribution in [2.75, 3.05) is 20.1 Å². The Balaban J connectivity index is 1.34. The number of carbonyl (C=O) groups excluding carboxylic acids is 2. The van der Waals surface area contributed by atoms with Crippen LogP contribution < -0.4 is 0 Å². The Bertz CT molecular complexity index is 1300. The van der Waals surface area contributed by atoms with Gasteiger partial charge in [-0.1, -0.05) is 47.5 Å². The fourth-order valence-electron chi connectivity index (χ4n) is 4.80. The van der Waals surface area contributed by atoms with Crippen molar-refractivity contribution in [3.05, 3.63) is 72.2 Å². The summed E-state index contributed by atoms with van der Waals surface area (Å²) >= 11 is 0. The highest BCUT2D eigenvalue weighted by Crippen LogP contribution is 2.28. The number of imide groups is 1. The van der Waals surface area contributed by atoms with Gasteiger partial charge in [0.25, 0.3) is 5.91 Å². The number of likely N-dealkylation sites (N-methyl/N-ethyl adjacent to an activating group) is 1. The lowest BCUT2D eigenvalue weighted by molar-refractivity contribution is -0.537. The molecule has 2 aromatic carbocycles. The monoisotopic (exact) mass is 428 g/mol. The number of aliphatic imine (C=N–C) groups is 1. The van der Waals surface area contributed by atoms with Crippen LogP contribution in [0, 0.1) is 0 Å². The van der Waals surface area contributed by atoms with Crippen molar-refractivity contribution >= 4 is 34.5 Å². The molecule has 1 atom stereocenters. The van der Waals surface area contributed by atoms with Crippen LogP contribution in [0.2, 0.25) is 0 Å². The SMILES string of the molecule is CN1C(=O)N(Cc2cccc3ccccc23)C(=O)C2C1=NC1=[N+](Cc3ccco3)CCN12. The maximum atomic E-state index is 13.6. The lowest BCUT2D eigenvalue weighted by Gasteiger charge is -2.34. The van der Waals surface area contributed by atoms with Crippen LogP contribution in [-0.4, -0.2) is 69.2 Å². The van der Waals surface area contributed by atoms with Crippen LogP contribution in [0.1, 0.15) is 11.3 Å². The van der Waals surface area contributed by atoms with E-state index in [2.05, 4.69) is 4.58 Å². The van der Waals surface area contributed by atoms with Crippen molar-refractivity contribution in [2.45, 2.75) is 19.1 Å². The van der Waals surface area contributed by atoms with Crippen LogP contribution in [0.4, 0.5) is 4.79 Å². The molecule has 4 heterocycles. The number of nitrogens with zero attached hydrogens (tertiary/aromatic N) is 5. The Labute approximate surface area is 184 Å². The lowest BCUT2D eigenvalue weighted by atomic mass is 10.0. The van der Waals surface area contributed by atoms with E-state index >= 15 is 0 Å². The van der Waals surface area contributed by atoms with Crippen molar-refractivity contribution in [1.29, 1.82) is 0 Å². The van der Waals surface area contributed by atoms with Gasteiger partial charge in [-0.25, -0.2) is 9.69 Å². The molecule has 6 rings (SSSR count). The van der Waals surface area contributed by atoms with Crippen LogP contribution in [0.3, 0.4) is 0 Å². The molecule has 1 unspecified atom stereocenters. The maximum Gasteiger partial charge on any atom is 0.393 e. The van der Waals surface area contributed by atoms with Gasteiger partial charge in [-0.05, 0) is 28.5 Å². The Kier molecular flexibility index (Phi) is 4.14. The van der Waals surface area contributed by atoms with Gasteiger partial charge in [0.2, 0.25) is 11.9 Å². The number of hydrogen-bond donors (Lipinski definition) is 0. The zero-order chi connectivity index (χ0) is 21.8. The van der Waals surface area contributed by atoms with E-state index in [1.807, 2.05) is 59.5 Å². The Morgan fingerprint density at radius 2 is 1.94 bits per heavy atom. The summed E-state index contributed by atoms with van der Waals surface area (Å²) in [5.41, 5.74) is 0.946. The number of guanidine groups is 1. The van der Waals surface area contributed by atoms with Gasteiger partial charge in [-0.3, -0.25) is 19.2 Å². The van der Waals surface area contributed by atoms with Gasteiger partial charge >= 0.3 is 12.0 Å². The molecule has 8 nitrogen and oxygen atoms in total. The first-order valence-corrected chi connectivity index (χ1v) is 10.7. The minimum absolute atomic E-state index is 0.227. The van der Waals surface area contributed by atoms with Crippen LogP contribution in [0.5, 0.6) is 0 Å². The number of benzene rings is 2. The average molecular weight is 428 g/mol. The fraction of sp³-hybridized carbons (Fsp3) is 0.250. The number of amides is 3. The third-order valence-corrected chi connectivity index (χ3v) is 6.42. The third kappa shape index (κ3) is 2.76. The molecule has 0 aliphatic carbocycles. The maximum absolute atomic E-state index is 13.6. The summed E-state index contributed by atoms with van der Waals surface area (Å²) in [5, 5.41) is 2.13. The second kappa shape index (κ2) is 7.05. The molecule has 3 amide bonds. The summed E-state index contributed by atoms with van der Waals surface area (Å²) in [4.78, 5) is 36.3. The predicted molar refractivity (Wildman–Crippen MR) is 118 cm³/mol. The molecule has 32 heavy (non-hydrogen) atoms. The Morgan fingerprint density at radius 3 is 2.78 bits per heavy atom. The third-order valence-electron chi connectivity index (χ3n) is 6.42. The van der Waals surface area contributed by atoms with Crippen molar-refractivity contribution in [1.82, 2.24) is 14.7 Å². The molecule has 0 saturated carbocycles. The molecule has 0 spiro atoms. The van der Waals surface area contributed by atoms with Crippen LogP contribution in [0.25, 0.3) is 10.8 Å². The summed E-state index contributed by atoms with van der Waals surface area (Å²) in [5.74, 6) is 1.83. The molecule has 0 radical (unpaired) electrons. The summed E-state index contributed by atoms with van der Waals surface area (Å²) in [6, 6.07) is 16.8. The van der Waals surface area contributed by atoms with E-state index in [1.54, 1.807) is 13.3 Å². The van der Waals surface area contributed by atoms with Gasteiger partial charge in [0.15, 0.2) is 0 Å². The van der Waals surface area contributed by atoms with Gasteiger partial charge in [0, 0.05) is 7.05 Å². The number of urea groups is 1. The standard InChI is InChI=1S/C24H22N5O3/c1-26-21-20(28-12-11-27(23(28)25-21)15-18-9-5-13-32-18)22(30)29(24(26)31)14-17-8-4-7-16-6-2-3-10-19(16)17/h2-10,13,20H,11-12,14-15H2,1H3/q+1. The predicted octanol–water partition coefficient (Wildman–Crippen LogP) is 2.49. The number of rotatable bonds is 4. The molecular formula is C24H22N5O3+. The number of hydrogen-bond acceptors (Lipinski definition) is 5. The van der Waals surface area contributed by atoms with Gasteiger partial charge < -0.3 is 4.42 Å². The van der Waals surface area contributed by atoms with Gasteiger partial charge in [0.05, 0.1) is 25.9 Å². The molecule has 0 N–H and O–H groups in total. The minimum atomic E-state index is -0.579. The van der Waals surface area contributed by atoms with Crippen LogP contribution >= 0.6 is 0 Å². The molecule has 0 bridgehead atoms. The first-order valence-electron chi connectivity index (χ1n) is 10.7. The highest BCUT2D eigenvalue weighted by Gasteiger charge is 2.57. The van der Waals surface area contributed by atoms with Crippen molar-refractivity contribution in [3.63, 3.8) is 0 Å². The second-order valence-electron chi connectivity index (χ2n) is 8.27. The average Bonchev–Trinajstić information content (AvgIpc) is 3.54. The lowest BCUT2D eigenvalue weighted by Crippen LogP contribution is -2.63. The van der Waals surface area contributed by atoms with E-state index in [1.165, 1.54) is 9.80 Å². The first kappa shape index (κ1) is 18.8. The van der Waals surface area contributed by atoms with E-state index in [4.69, 9.17) is 9.41 Å². The summed E-state index contributed by atoms with van der Waals surface area (Å²) in [6.07, 6.45) is 1.65. The molecule has 1 fully saturated rings. The Hall–Kier alpha value is -3.94. The summed E-state index contributed by atoms with van der Waals surface area (Å²) in [6.45, 7) is 2.22. The summed E-state index contributed by atoms with van der Waals surface area (Å²) in [7, 11) is 1.69. The summed E-state index contributed by atoms with van der Waals surface area (Å²) < 4.78 is 7.57. The minimum Gasteiger partial charge on any atom is -0.466 e. The van der Waals surface area contributed by atoms with E-state index in [-0.39, 0.29) is 18.5 Å². The van der Waals surface area contributed by atoms with Crippen molar-refractivity contribution < 1.29 is 18.6 Å². The van der Waals surface area contributed by atoms with Crippen LogP contribution in [0.15, 0.2) is 70.3 Å². The molecule has 8 heteroatoms. The number of furan rings is 1. The highest BCUT2D eigenvalue weighted by molar-refractivity contribution is 6.25. The number of fused-ring (bicyclic) bond motifs is 4. The van der Waals surface area contributed by atoms with E-state index in [9.17, 15) is 9.59 Å².